The number of furan rings is 1. The summed E-state index contributed by atoms with van der Waals surface area (Å²) in [5.41, 5.74) is 6.90. The summed E-state index contributed by atoms with van der Waals surface area (Å²) >= 11 is 0. The lowest BCUT2D eigenvalue weighted by atomic mass is 10.1. The molecule has 0 bridgehead atoms. The SMILES string of the molecule is COc1cc(N)cc(C(=O)N(Cc2ccco2)C2CC2)c1. The number of benzene rings is 1. The predicted octanol–water partition coefficient (Wildman–Crippen LogP) is 2.68. The van der Waals surface area contributed by atoms with Crippen LogP contribution in [0.15, 0.2) is 41.0 Å². The summed E-state index contributed by atoms with van der Waals surface area (Å²) in [6.07, 6.45) is 3.69. The summed E-state index contributed by atoms with van der Waals surface area (Å²) in [6, 6.07) is 9.09. The molecule has 110 valence electrons. The first-order valence-electron chi connectivity index (χ1n) is 6.95. The minimum absolute atomic E-state index is 0.0421. The molecule has 5 heteroatoms. The Labute approximate surface area is 123 Å². The third-order valence-corrected chi connectivity index (χ3v) is 3.57. The molecule has 1 saturated carbocycles. The number of methoxy groups -OCH3 is 1. The number of hydrogen-bond donors (Lipinski definition) is 1. The van der Waals surface area contributed by atoms with Gasteiger partial charge in [-0.15, -0.1) is 0 Å². The van der Waals surface area contributed by atoms with Gasteiger partial charge in [-0.25, -0.2) is 0 Å². The number of nitrogens with two attached hydrogens (primary N) is 1. The molecule has 1 heterocycles. The van der Waals surface area contributed by atoms with Gasteiger partial charge in [0, 0.05) is 23.4 Å². The highest BCUT2D eigenvalue weighted by molar-refractivity contribution is 5.96. The predicted molar refractivity (Wildman–Crippen MR) is 79.0 cm³/mol. The molecule has 0 unspecified atom stereocenters. The molecule has 1 aromatic carbocycles. The van der Waals surface area contributed by atoms with Crippen molar-refractivity contribution in [1.82, 2.24) is 4.90 Å². The molecule has 1 fully saturated rings. The number of carbonyl (C=O) groups is 1. The minimum Gasteiger partial charge on any atom is -0.497 e. The van der Waals surface area contributed by atoms with Crippen LogP contribution in [-0.2, 0) is 6.54 Å². The van der Waals surface area contributed by atoms with Gasteiger partial charge in [0.25, 0.3) is 5.91 Å². The smallest absolute Gasteiger partial charge is 0.254 e. The van der Waals surface area contributed by atoms with Crippen LogP contribution in [0, 0.1) is 0 Å². The molecular weight excluding hydrogens is 268 g/mol. The first-order chi connectivity index (χ1) is 10.2. The van der Waals surface area contributed by atoms with Crippen molar-refractivity contribution < 1.29 is 13.9 Å². The molecule has 1 aliphatic carbocycles. The molecule has 0 spiro atoms. The van der Waals surface area contributed by atoms with Gasteiger partial charge in [0.2, 0.25) is 0 Å². The average Bonchev–Trinajstić information content (AvgIpc) is 3.20. The van der Waals surface area contributed by atoms with Gasteiger partial charge in [-0.2, -0.15) is 0 Å². The normalized spacial score (nSPS) is 14.0. The van der Waals surface area contributed by atoms with Gasteiger partial charge < -0.3 is 19.8 Å². The zero-order chi connectivity index (χ0) is 14.8. The molecule has 21 heavy (non-hydrogen) atoms. The third kappa shape index (κ3) is 3.02. The molecule has 0 aliphatic heterocycles. The van der Waals surface area contributed by atoms with E-state index in [2.05, 4.69) is 0 Å². The Hall–Kier alpha value is -2.43. The van der Waals surface area contributed by atoms with Crippen molar-refractivity contribution in [2.24, 2.45) is 0 Å². The maximum absolute atomic E-state index is 12.7. The number of anilines is 1. The van der Waals surface area contributed by atoms with Crippen LogP contribution in [0.4, 0.5) is 5.69 Å². The van der Waals surface area contributed by atoms with Crippen molar-refractivity contribution in [2.45, 2.75) is 25.4 Å². The first kappa shape index (κ1) is 13.5. The summed E-state index contributed by atoms with van der Waals surface area (Å²) in [6.45, 7) is 0.480. The third-order valence-electron chi connectivity index (χ3n) is 3.57. The Morgan fingerprint density at radius 3 is 2.86 bits per heavy atom. The van der Waals surface area contributed by atoms with E-state index in [1.165, 1.54) is 0 Å². The lowest BCUT2D eigenvalue weighted by Crippen LogP contribution is -2.32. The number of hydrogen-bond acceptors (Lipinski definition) is 4. The first-order valence-corrected chi connectivity index (χ1v) is 6.95. The van der Waals surface area contributed by atoms with Crippen molar-refractivity contribution >= 4 is 11.6 Å². The second-order valence-corrected chi connectivity index (χ2v) is 5.24. The highest BCUT2D eigenvalue weighted by Gasteiger charge is 2.33. The van der Waals surface area contributed by atoms with E-state index >= 15 is 0 Å². The van der Waals surface area contributed by atoms with Gasteiger partial charge in [-0.1, -0.05) is 0 Å². The van der Waals surface area contributed by atoms with E-state index in [0.29, 0.717) is 23.5 Å². The van der Waals surface area contributed by atoms with Crippen molar-refractivity contribution in [3.05, 3.63) is 47.9 Å². The second-order valence-electron chi connectivity index (χ2n) is 5.24. The quantitative estimate of drug-likeness (QED) is 0.858. The van der Waals surface area contributed by atoms with Gasteiger partial charge in [-0.3, -0.25) is 4.79 Å². The van der Waals surface area contributed by atoms with E-state index in [0.717, 1.165) is 18.6 Å². The lowest BCUT2D eigenvalue weighted by molar-refractivity contribution is 0.0717. The molecule has 1 aromatic heterocycles. The monoisotopic (exact) mass is 286 g/mol. The van der Waals surface area contributed by atoms with Crippen LogP contribution < -0.4 is 10.5 Å². The van der Waals surface area contributed by atoms with Gasteiger partial charge in [0.05, 0.1) is 19.9 Å². The van der Waals surface area contributed by atoms with Crippen LogP contribution in [0.5, 0.6) is 5.75 Å². The van der Waals surface area contributed by atoms with Crippen LogP contribution >= 0.6 is 0 Å². The molecule has 0 radical (unpaired) electrons. The zero-order valence-corrected chi connectivity index (χ0v) is 11.9. The van der Waals surface area contributed by atoms with Crippen LogP contribution in [0.3, 0.4) is 0 Å². The Kier molecular flexibility index (Phi) is 3.56. The van der Waals surface area contributed by atoms with Gasteiger partial charge in [0.1, 0.15) is 11.5 Å². The van der Waals surface area contributed by atoms with E-state index in [-0.39, 0.29) is 11.9 Å². The van der Waals surface area contributed by atoms with Crippen LogP contribution in [-0.4, -0.2) is 24.0 Å². The Morgan fingerprint density at radius 1 is 1.43 bits per heavy atom. The van der Waals surface area contributed by atoms with Crippen LogP contribution in [0.1, 0.15) is 29.0 Å². The van der Waals surface area contributed by atoms with Crippen molar-refractivity contribution in [3.63, 3.8) is 0 Å². The topological polar surface area (TPSA) is 68.7 Å². The Bertz CT molecular complexity index is 633. The van der Waals surface area contributed by atoms with Gasteiger partial charge in [-0.05, 0) is 37.1 Å². The number of rotatable bonds is 5. The molecule has 2 aromatic rings. The number of carbonyl (C=O) groups excluding carboxylic acids is 1. The van der Waals surface area contributed by atoms with E-state index < -0.39 is 0 Å². The summed E-state index contributed by atoms with van der Waals surface area (Å²) in [5, 5.41) is 0. The standard InChI is InChI=1S/C16H18N2O3/c1-20-15-8-11(7-12(17)9-15)16(19)18(13-4-5-13)10-14-3-2-6-21-14/h2-3,6-9,13H,4-5,10,17H2,1H3. The fraction of sp³-hybridized carbons (Fsp3) is 0.312. The summed E-state index contributed by atoms with van der Waals surface area (Å²) in [5.74, 6) is 1.33. The molecule has 1 aliphatic rings. The van der Waals surface area contributed by atoms with Gasteiger partial charge >= 0.3 is 0 Å². The van der Waals surface area contributed by atoms with E-state index in [1.54, 1.807) is 31.6 Å². The van der Waals surface area contributed by atoms with Crippen molar-refractivity contribution in [2.75, 3.05) is 12.8 Å². The maximum Gasteiger partial charge on any atom is 0.254 e. The highest BCUT2D eigenvalue weighted by atomic mass is 16.5. The average molecular weight is 286 g/mol. The lowest BCUT2D eigenvalue weighted by Gasteiger charge is -2.21. The Balaban J connectivity index is 1.85. The summed E-state index contributed by atoms with van der Waals surface area (Å²) in [4.78, 5) is 14.6. The fourth-order valence-electron chi connectivity index (χ4n) is 2.35. The molecular formula is C16H18N2O3. The highest BCUT2D eigenvalue weighted by Crippen LogP contribution is 2.31. The van der Waals surface area contributed by atoms with Crippen LogP contribution in [0.25, 0.3) is 0 Å². The largest absolute Gasteiger partial charge is 0.497 e. The second kappa shape index (κ2) is 5.52. The number of nitrogens with zero attached hydrogens (tertiary/aromatic N) is 1. The molecule has 3 rings (SSSR count). The van der Waals surface area contributed by atoms with Gasteiger partial charge in [0.15, 0.2) is 0 Å². The summed E-state index contributed by atoms with van der Waals surface area (Å²) in [7, 11) is 1.56. The Morgan fingerprint density at radius 2 is 2.24 bits per heavy atom. The summed E-state index contributed by atoms with van der Waals surface area (Å²) < 4.78 is 10.5. The maximum atomic E-state index is 12.7. The number of amides is 1. The number of nitrogen functional groups attached to an aromatic ring is 1. The molecule has 0 atom stereocenters. The van der Waals surface area contributed by atoms with Crippen LogP contribution in [0.2, 0.25) is 0 Å². The van der Waals surface area contributed by atoms with Crippen molar-refractivity contribution in [3.8, 4) is 5.75 Å². The molecule has 1 amide bonds. The van der Waals surface area contributed by atoms with E-state index in [9.17, 15) is 4.79 Å². The van der Waals surface area contributed by atoms with E-state index in [1.807, 2.05) is 17.0 Å². The molecule has 5 nitrogen and oxygen atoms in total. The zero-order valence-electron chi connectivity index (χ0n) is 11.9. The fourth-order valence-corrected chi connectivity index (χ4v) is 2.35. The molecule has 2 N–H and O–H groups in total. The van der Waals surface area contributed by atoms with Crippen molar-refractivity contribution in [1.29, 1.82) is 0 Å². The minimum atomic E-state index is -0.0421. The van der Waals surface area contributed by atoms with E-state index in [4.69, 9.17) is 14.9 Å². The number of ether oxygens (including phenoxy) is 1. The molecule has 0 saturated heterocycles.